The molecule has 0 radical (unpaired) electrons. The molecule has 5 nitrogen and oxygen atoms in total. The molecule has 112 valence electrons. The lowest BCUT2D eigenvalue weighted by Gasteiger charge is -2.28. The Morgan fingerprint density at radius 3 is 3.10 bits per heavy atom. The number of carbonyl (C=O) groups excluding carboxylic acids is 1. The van der Waals surface area contributed by atoms with Gasteiger partial charge in [0.2, 0.25) is 0 Å². The molecule has 0 bridgehead atoms. The van der Waals surface area contributed by atoms with Crippen molar-refractivity contribution in [1.82, 2.24) is 10.3 Å². The van der Waals surface area contributed by atoms with Gasteiger partial charge >= 0.3 is 0 Å². The summed E-state index contributed by atoms with van der Waals surface area (Å²) in [6.45, 7) is 5.20. The van der Waals surface area contributed by atoms with Crippen molar-refractivity contribution in [3.8, 4) is 0 Å². The average molecular weight is 286 g/mol. The number of rotatable bonds is 4. The molecular weight excluding hydrogens is 264 g/mol. The van der Waals surface area contributed by atoms with Gasteiger partial charge in [0.15, 0.2) is 0 Å². The predicted molar refractivity (Wildman–Crippen MR) is 85.9 cm³/mol. The van der Waals surface area contributed by atoms with E-state index in [0.717, 1.165) is 30.4 Å². The maximum Gasteiger partial charge on any atom is 0.251 e. The summed E-state index contributed by atoms with van der Waals surface area (Å²) in [5, 5.41) is 3.97. The lowest BCUT2D eigenvalue weighted by molar-refractivity contribution is 0.0955. The number of aromatic nitrogens is 1. The fourth-order valence-corrected chi connectivity index (χ4v) is 3.08. The van der Waals surface area contributed by atoms with Crippen LogP contribution in [0.5, 0.6) is 0 Å². The van der Waals surface area contributed by atoms with Gasteiger partial charge < -0.3 is 20.9 Å². The van der Waals surface area contributed by atoms with Crippen LogP contribution < -0.4 is 16.0 Å². The average Bonchev–Trinajstić information content (AvgIpc) is 2.90. The molecule has 0 atom stereocenters. The number of nitrogens with two attached hydrogens (primary N) is 1. The molecule has 1 aromatic carbocycles. The number of aromatic amines is 1. The number of anilines is 1. The molecule has 1 aromatic heterocycles. The first-order valence-electron chi connectivity index (χ1n) is 7.62. The second-order valence-corrected chi connectivity index (χ2v) is 5.44. The number of hydrogen-bond donors (Lipinski definition) is 3. The van der Waals surface area contributed by atoms with Gasteiger partial charge in [0.25, 0.3) is 5.91 Å². The zero-order valence-corrected chi connectivity index (χ0v) is 12.4. The van der Waals surface area contributed by atoms with E-state index in [-0.39, 0.29) is 5.91 Å². The number of hydrogen-bond acceptors (Lipinski definition) is 3. The molecule has 0 aliphatic carbocycles. The first-order chi connectivity index (χ1) is 10.2. The minimum Gasteiger partial charge on any atom is -0.370 e. The quantitative estimate of drug-likeness (QED) is 0.799. The molecule has 1 aliphatic rings. The molecule has 5 heteroatoms. The fourth-order valence-electron chi connectivity index (χ4n) is 3.08. The number of aryl methyl sites for hydroxylation is 1. The molecule has 1 amide bonds. The number of nitrogens with one attached hydrogen (secondary N) is 2. The Labute approximate surface area is 124 Å². The van der Waals surface area contributed by atoms with Crippen LogP contribution in [0.3, 0.4) is 0 Å². The smallest absolute Gasteiger partial charge is 0.251 e. The normalized spacial score (nSPS) is 14.3. The third-order valence-electron chi connectivity index (χ3n) is 4.09. The van der Waals surface area contributed by atoms with Crippen molar-refractivity contribution < 1.29 is 4.79 Å². The van der Waals surface area contributed by atoms with Crippen LogP contribution in [-0.4, -0.2) is 37.1 Å². The van der Waals surface area contributed by atoms with Crippen LogP contribution in [0.15, 0.2) is 18.2 Å². The van der Waals surface area contributed by atoms with Crippen molar-refractivity contribution in [1.29, 1.82) is 0 Å². The Morgan fingerprint density at radius 2 is 2.33 bits per heavy atom. The van der Waals surface area contributed by atoms with Gasteiger partial charge in [-0.2, -0.15) is 0 Å². The number of nitrogens with zero attached hydrogens (tertiary/aromatic N) is 1. The van der Waals surface area contributed by atoms with Gasteiger partial charge in [-0.15, -0.1) is 0 Å². The van der Waals surface area contributed by atoms with E-state index in [4.69, 9.17) is 5.73 Å². The molecule has 0 fully saturated rings. The largest absolute Gasteiger partial charge is 0.370 e. The highest BCUT2D eigenvalue weighted by molar-refractivity contribution is 6.02. The monoisotopic (exact) mass is 286 g/mol. The van der Waals surface area contributed by atoms with Crippen LogP contribution in [0.1, 0.15) is 29.4 Å². The lowest BCUT2D eigenvalue weighted by Crippen LogP contribution is -2.29. The van der Waals surface area contributed by atoms with Crippen LogP contribution in [0, 0.1) is 0 Å². The summed E-state index contributed by atoms with van der Waals surface area (Å²) in [5.41, 5.74) is 9.79. The molecule has 0 saturated carbocycles. The van der Waals surface area contributed by atoms with Crippen LogP contribution in [-0.2, 0) is 6.42 Å². The molecule has 2 heterocycles. The summed E-state index contributed by atoms with van der Waals surface area (Å²) in [7, 11) is 0. The van der Waals surface area contributed by atoms with Crippen LogP contribution in [0.4, 0.5) is 5.69 Å². The van der Waals surface area contributed by atoms with E-state index in [9.17, 15) is 4.79 Å². The van der Waals surface area contributed by atoms with E-state index < -0.39 is 0 Å². The van der Waals surface area contributed by atoms with Gasteiger partial charge in [-0.25, -0.2) is 0 Å². The van der Waals surface area contributed by atoms with Gasteiger partial charge in [0, 0.05) is 48.3 Å². The first kappa shape index (κ1) is 13.9. The van der Waals surface area contributed by atoms with Crippen LogP contribution in [0.2, 0.25) is 0 Å². The third kappa shape index (κ3) is 2.49. The Morgan fingerprint density at radius 1 is 1.48 bits per heavy atom. The Bertz CT molecular complexity index is 662. The number of amides is 1. The van der Waals surface area contributed by atoms with Crippen molar-refractivity contribution in [3.05, 3.63) is 29.5 Å². The molecule has 0 spiro atoms. The Balaban J connectivity index is 2.02. The number of H-pyrrole nitrogens is 1. The maximum atomic E-state index is 12.1. The summed E-state index contributed by atoms with van der Waals surface area (Å²) >= 11 is 0. The van der Waals surface area contributed by atoms with Crippen LogP contribution >= 0.6 is 0 Å². The summed E-state index contributed by atoms with van der Waals surface area (Å²) in [6, 6.07) is 5.86. The van der Waals surface area contributed by atoms with Gasteiger partial charge in [0.05, 0.1) is 5.69 Å². The Hall–Kier alpha value is -2.01. The van der Waals surface area contributed by atoms with Gasteiger partial charge in [-0.3, -0.25) is 4.79 Å². The van der Waals surface area contributed by atoms with Crippen molar-refractivity contribution in [3.63, 3.8) is 0 Å². The highest BCUT2D eigenvalue weighted by atomic mass is 16.1. The summed E-state index contributed by atoms with van der Waals surface area (Å²) < 4.78 is 0. The van der Waals surface area contributed by atoms with E-state index >= 15 is 0 Å². The third-order valence-corrected chi connectivity index (χ3v) is 4.09. The summed E-state index contributed by atoms with van der Waals surface area (Å²) in [4.78, 5) is 18.0. The SMILES string of the molecule is CCN1CCCc2[nH]c3ccc(C(=O)NCCN)cc3c21. The van der Waals surface area contributed by atoms with Gasteiger partial charge in [0.1, 0.15) is 0 Å². The Kier molecular flexibility index (Phi) is 3.84. The molecule has 2 aromatic rings. The maximum absolute atomic E-state index is 12.1. The van der Waals surface area contributed by atoms with Gasteiger partial charge in [-0.05, 0) is 38.0 Å². The van der Waals surface area contributed by atoms with Crippen molar-refractivity contribution in [2.24, 2.45) is 5.73 Å². The zero-order valence-electron chi connectivity index (χ0n) is 12.4. The van der Waals surface area contributed by atoms with E-state index in [1.807, 2.05) is 18.2 Å². The topological polar surface area (TPSA) is 74.2 Å². The zero-order chi connectivity index (χ0) is 14.8. The van der Waals surface area contributed by atoms with Crippen molar-refractivity contribution >= 4 is 22.5 Å². The summed E-state index contributed by atoms with van der Waals surface area (Å²) in [5.74, 6) is -0.0591. The van der Waals surface area contributed by atoms with Crippen molar-refractivity contribution in [2.75, 3.05) is 31.1 Å². The number of carbonyl (C=O) groups is 1. The van der Waals surface area contributed by atoms with E-state index in [1.165, 1.54) is 17.8 Å². The van der Waals surface area contributed by atoms with Crippen LogP contribution in [0.25, 0.3) is 10.9 Å². The summed E-state index contributed by atoms with van der Waals surface area (Å²) in [6.07, 6.45) is 2.26. The molecular formula is C16H22N4O. The standard InChI is InChI=1S/C16H22N4O/c1-2-20-9-3-4-14-15(20)12-10-11(5-6-13(12)19-14)16(21)18-8-7-17/h5-6,10,19H,2-4,7-9,17H2,1H3,(H,18,21). The molecule has 4 N–H and O–H groups in total. The fraction of sp³-hybridized carbons (Fsp3) is 0.438. The second kappa shape index (κ2) is 5.77. The second-order valence-electron chi connectivity index (χ2n) is 5.44. The van der Waals surface area contributed by atoms with E-state index in [0.29, 0.717) is 18.7 Å². The molecule has 3 rings (SSSR count). The highest BCUT2D eigenvalue weighted by Gasteiger charge is 2.21. The molecule has 1 aliphatic heterocycles. The van der Waals surface area contributed by atoms with Gasteiger partial charge in [-0.1, -0.05) is 0 Å². The predicted octanol–water partition coefficient (Wildman–Crippen LogP) is 1.63. The molecule has 0 saturated heterocycles. The van der Waals surface area contributed by atoms with E-state index in [1.54, 1.807) is 0 Å². The molecule has 0 unspecified atom stereocenters. The first-order valence-corrected chi connectivity index (χ1v) is 7.62. The van der Waals surface area contributed by atoms with E-state index in [2.05, 4.69) is 22.1 Å². The minimum absolute atomic E-state index is 0.0591. The number of benzene rings is 1. The van der Waals surface area contributed by atoms with Crippen molar-refractivity contribution in [2.45, 2.75) is 19.8 Å². The minimum atomic E-state index is -0.0591. The molecule has 21 heavy (non-hydrogen) atoms. The lowest BCUT2D eigenvalue weighted by atomic mass is 10.1. The highest BCUT2D eigenvalue weighted by Crippen LogP contribution is 2.35. The number of fused-ring (bicyclic) bond motifs is 3.